The molecule has 2 unspecified atom stereocenters. The molecule has 1 aliphatic carbocycles. The summed E-state index contributed by atoms with van der Waals surface area (Å²) in [5.41, 5.74) is 6.00. The molecule has 2 aliphatic rings. The molecular weight excluding hydrogens is 198 g/mol. The topological polar surface area (TPSA) is 35.2 Å². The van der Waals surface area contributed by atoms with E-state index >= 15 is 0 Å². The highest BCUT2D eigenvalue weighted by molar-refractivity contribution is 4.89. The van der Waals surface area contributed by atoms with Crippen molar-refractivity contribution in [3.63, 3.8) is 0 Å². The van der Waals surface area contributed by atoms with E-state index in [1.165, 1.54) is 51.4 Å². The lowest BCUT2D eigenvalue weighted by Crippen LogP contribution is -2.42. The van der Waals surface area contributed by atoms with Crippen molar-refractivity contribution in [1.29, 1.82) is 0 Å². The Hall–Kier alpha value is -0.0800. The zero-order valence-corrected chi connectivity index (χ0v) is 10.7. The van der Waals surface area contributed by atoms with Crippen LogP contribution in [0.1, 0.15) is 58.3 Å². The molecule has 0 aromatic carbocycles. The molecule has 2 nitrogen and oxygen atoms in total. The van der Waals surface area contributed by atoms with E-state index in [0.717, 1.165) is 19.1 Å². The van der Waals surface area contributed by atoms with Gasteiger partial charge in [0.15, 0.2) is 0 Å². The molecule has 2 heteroatoms. The largest absolute Gasteiger partial charge is 0.375 e. The molecule has 0 aromatic rings. The van der Waals surface area contributed by atoms with Crippen molar-refractivity contribution in [3.8, 4) is 0 Å². The van der Waals surface area contributed by atoms with Crippen molar-refractivity contribution in [1.82, 2.24) is 0 Å². The van der Waals surface area contributed by atoms with Crippen molar-refractivity contribution in [2.75, 3.05) is 13.2 Å². The van der Waals surface area contributed by atoms with Crippen LogP contribution in [0.5, 0.6) is 0 Å². The molecule has 2 N–H and O–H groups in total. The summed E-state index contributed by atoms with van der Waals surface area (Å²) in [5, 5.41) is 0. The highest BCUT2D eigenvalue weighted by Gasteiger charge is 2.38. The van der Waals surface area contributed by atoms with Crippen molar-refractivity contribution in [2.45, 2.75) is 63.9 Å². The lowest BCUT2D eigenvalue weighted by Gasteiger charge is -2.44. The maximum absolute atomic E-state index is 6.12. The Kier molecular flexibility index (Phi) is 4.26. The van der Waals surface area contributed by atoms with Crippen LogP contribution in [0.4, 0.5) is 0 Å². The van der Waals surface area contributed by atoms with Crippen LogP contribution in [0.2, 0.25) is 0 Å². The highest BCUT2D eigenvalue weighted by atomic mass is 16.5. The molecule has 1 spiro atoms. The van der Waals surface area contributed by atoms with Gasteiger partial charge in [-0.2, -0.15) is 0 Å². The van der Waals surface area contributed by atoms with Crippen LogP contribution in [0.3, 0.4) is 0 Å². The monoisotopic (exact) mass is 225 g/mol. The van der Waals surface area contributed by atoms with Crippen LogP contribution in [0.25, 0.3) is 0 Å². The van der Waals surface area contributed by atoms with E-state index in [2.05, 4.69) is 6.92 Å². The van der Waals surface area contributed by atoms with Crippen molar-refractivity contribution < 1.29 is 4.74 Å². The minimum atomic E-state index is 0.273. The standard InChI is InChI=1S/C14H27NO/c1-12(11-15)9-13-5-8-16-14(10-13)6-3-2-4-7-14/h12-13H,2-11,15H2,1H3. The summed E-state index contributed by atoms with van der Waals surface area (Å²) in [5.74, 6) is 1.55. The zero-order valence-electron chi connectivity index (χ0n) is 10.7. The molecule has 0 aromatic heterocycles. The van der Waals surface area contributed by atoms with Gasteiger partial charge in [0.2, 0.25) is 0 Å². The molecule has 0 amide bonds. The first-order valence-corrected chi connectivity index (χ1v) is 7.08. The normalized spacial score (nSPS) is 31.5. The van der Waals surface area contributed by atoms with Crippen molar-refractivity contribution in [2.24, 2.45) is 17.6 Å². The smallest absolute Gasteiger partial charge is 0.0685 e. The number of hydrogen-bond donors (Lipinski definition) is 1. The Bertz CT molecular complexity index is 205. The predicted octanol–water partition coefficient (Wildman–Crippen LogP) is 3.10. The summed E-state index contributed by atoms with van der Waals surface area (Å²) in [6, 6.07) is 0. The quantitative estimate of drug-likeness (QED) is 0.801. The maximum atomic E-state index is 6.12. The van der Waals surface area contributed by atoms with E-state index in [-0.39, 0.29) is 5.60 Å². The van der Waals surface area contributed by atoms with Gasteiger partial charge in [0.05, 0.1) is 5.60 Å². The molecule has 1 saturated carbocycles. The Morgan fingerprint density at radius 3 is 2.75 bits per heavy atom. The van der Waals surface area contributed by atoms with Gasteiger partial charge < -0.3 is 10.5 Å². The van der Waals surface area contributed by atoms with Crippen LogP contribution in [0, 0.1) is 11.8 Å². The van der Waals surface area contributed by atoms with Gasteiger partial charge in [0.25, 0.3) is 0 Å². The fourth-order valence-electron chi connectivity index (χ4n) is 3.54. The van der Waals surface area contributed by atoms with E-state index in [1.54, 1.807) is 0 Å². The molecular formula is C14H27NO. The number of nitrogens with two attached hydrogens (primary N) is 1. The third kappa shape index (κ3) is 2.98. The molecule has 0 radical (unpaired) electrons. The molecule has 2 rings (SSSR count). The Morgan fingerprint density at radius 2 is 2.06 bits per heavy atom. The van der Waals surface area contributed by atoms with E-state index in [4.69, 9.17) is 10.5 Å². The Balaban J connectivity index is 1.87. The van der Waals surface area contributed by atoms with Crippen LogP contribution in [0.15, 0.2) is 0 Å². The second kappa shape index (κ2) is 5.50. The summed E-state index contributed by atoms with van der Waals surface area (Å²) >= 11 is 0. The minimum absolute atomic E-state index is 0.273. The fraction of sp³-hybridized carbons (Fsp3) is 1.00. The van der Waals surface area contributed by atoms with Crippen LogP contribution < -0.4 is 5.73 Å². The Labute approximate surface area is 99.9 Å². The molecule has 0 bridgehead atoms. The molecule has 1 saturated heterocycles. The van der Waals surface area contributed by atoms with Crippen molar-refractivity contribution in [3.05, 3.63) is 0 Å². The minimum Gasteiger partial charge on any atom is -0.375 e. The summed E-state index contributed by atoms with van der Waals surface area (Å²) in [6.45, 7) is 4.11. The summed E-state index contributed by atoms with van der Waals surface area (Å²) in [4.78, 5) is 0. The fourth-order valence-corrected chi connectivity index (χ4v) is 3.54. The number of rotatable bonds is 3. The van der Waals surface area contributed by atoms with Gasteiger partial charge in [0, 0.05) is 6.61 Å². The summed E-state index contributed by atoms with van der Waals surface area (Å²) < 4.78 is 6.12. The second-order valence-corrected chi connectivity index (χ2v) is 6.03. The highest BCUT2D eigenvalue weighted by Crippen LogP contribution is 2.42. The van der Waals surface area contributed by atoms with Gasteiger partial charge in [-0.1, -0.05) is 26.2 Å². The first kappa shape index (κ1) is 12.4. The molecule has 94 valence electrons. The van der Waals surface area contributed by atoms with E-state index in [9.17, 15) is 0 Å². The third-order valence-electron chi connectivity index (χ3n) is 4.50. The van der Waals surface area contributed by atoms with E-state index < -0.39 is 0 Å². The van der Waals surface area contributed by atoms with Crippen LogP contribution in [-0.2, 0) is 4.74 Å². The predicted molar refractivity (Wildman–Crippen MR) is 67.3 cm³/mol. The van der Waals surface area contributed by atoms with Crippen LogP contribution >= 0.6 is 0 Å². The van der Waals surface area contributed by atoms with Crippen LogP contribution in [-0.4, -0.2) is 18.8 Å². The number of hydrogen-bond acceptors (Lipinski definition) is 2. The summed E-state index contributed by atoms with van der Waals surface area (Å²) in [6.07, 6.45) is 10.6. The first-order chi connectivity index (χ1) is 7.74. The molecule has 16 heavy (non-hydrogen) atoms. The van der Waals surface area contributed by atoms with E-state index in [0.29, 0.717) is 5.92 Å². The van der Waals surface area contributed by atoms with Gasteiger partial charge >= 0.3 is 0 Å². The zero-order chi connectivity index (χ0) is 11.4. The summed E-state index contributed by atoms with van der Waals surface area (Å²) in [7, 11) is 0. The van der Waals surface area contributed by atoms with Gasteiger partial charge in [0.1, 0.15) is 0 Å². The maximum Gasteiger partial charge on any atom is 0.0685 e. The average Bonchev–Trinajstić information content (AvgIpc) is 2.30. The third-order valence-corrected chi connectivity index (χ3v) is 4.50. The lowest BCUT2D eigenvalue weighted by atomic mass is 9.74. The SMILES string of the molecule is CC(CN)CC1CCOC2(CCCCC2)C1. The van der Waals surface area contributed by atoms with Gasteiger partial charge in [-0.05, 0) is 50.5 Å². The molecule has 2 fully saturated rings. The van der Waals surface area contributed by atoms with Gasteiger partial charge in [-0.25, -0.2) is 0 Å². The molecule has 1 heterocycles. The first-order valence-electron chi connectivity index (χ1n) is 7.08. The van der Waals surface area contributed by atoms with Crippen molar-refractivity contribution >= 4 is 0 Å². The Morgan fingerprint density at radius 1 is 1.31 bits per heavy atom. The second-order valence-electron chi connectivity index (χ2n) is 6.03. The molecule has 2 atom stereocenters. The van der Waals surface area contributed by atoms with Gasteiger partial charge in [-0.3, -0.25) is 0 Å². The lowest BCUT2D eigenvalue weighted by molar-refractivity contribution is -0.119. The molecule has 1 aliphatic heterocycles. The van der Waals surface area contributed by atoms with E-state index in [1.807, 2.05) is 0 Å². The number of ether oxygens (including phenoxy) is 1. The average molecular weight is 225 g/mol. The van der Waals surface area contributed by atoms with Gasteiger partial charge in [-0.15, -0.1) is 0 Å².